The maximum atomic E-state index is 13.1. The van der Waals surface area contributed by atoms with Gasteiger partial charge in [-0.2, -0.15) is 0 Å². The molecule has 1 N–H and O–H groups in total. The molecule has 0 bridgehead atoms. The van der Waals surface area contributed by atoms with Crippen LogP contribution in [-0.2, 0) is 9.59 Å². The summed E-state index contributed by atoms with van der Waals surface area (Å²) in [7, 11) is 1.51. The number of rotatable bonds is 5. The van der Waals surface area contributed by atoms with E-state index >= 15 is 0 Å². The number of methoxy groups -OCH3 is 1. The van der Waals surface area contributed by atoms with E-state index in [1.807, 2.05) is 30.3 Å². The van der Waals surface area contributed by atoms with Gasteiger partial charge in [0.1, 0.15) is 17.1 Å². The highest BCUT2D eigenvalue weighted by atomic mass is 32.1. The van der Waals surface area contributed by atoms with Crippen molar-refractivity contribution in [3.63, 3.8) is 0 Å². The van der Waals surface area contributed by atoms with Gasteiger partial charge < -0.3 is 9.47 Å². The number of nitrogens with one attached hydrogen (secondary N) is 1. The Labute approximate surface area is 183 Å². The quantitative estimate of drug-likeness (QED) is 0.377. The fourth-order valence-electron chi connectivity index (χ4n) is 2.94. The number of carbonyl (C=O) groups excluding carboxylic acids is 2. The summed E-state index contributed by atoms with van der Waals surface area (Å²) < 4.78 is 10.8. The van der Waals surface area contributed by atoms with Gasteiger partial charge in [0.2, 0.25) is 5.88 Å². The number of aromatic nitrogens is 1. The molecule has 1 aliphatic rings. The minimum absolute atomic E-state index is 0.0109. The highest BCUT2D eigenvalue weighted by molar-refractivity contribution is 7.80. The van der Waals surface area contributed by atoms with Crippen molar-refractivity contribution in [1.29, 1.82) is 0 Å². The zero-order valence-corrected chi connectivity index (χ0v) is 17.3. The molecule has 1 aromatic heterocycles. The zero-order valence-electron chi connectivity index (χ0n) is 16.4. The molecular formula is C23H17N3O4S. The van der Waals surface area contributed by atoms with Crippen molar-refractivity contribution in [1.82, 2.24) is 10.3 Å². The van der Waals surface area contributed by atoms with Crippen LogP contribution in [0, 0.1) is 0 Å². The molecule has 4 rings (SSSR count). The molecule has 0 saturated carbocycles. The van der Waals surface area contributed by atoms with Crippen LogP contribution in [0.25, 0.3) is 6.08 Å². The molecule has 0 atom stereocenters. The number of carbonyl (C=O) groups is 2. The van der Waals surface area contributed by atoms with Gasteiger partial charge in [0, 0.05) is 12.3 Å². The van der Waals surface area contributed by atoms with Gasteiger partial charge in [-0.3, -0.25) is 19.8 Å². The smallest absolute Gasteiger partial charge is 0.270 e. The van der Waals surface area contributed by atoms with Crippen molar-refractivity contribution in [2.45, 2.75) is 0 Å². The molecule has 7 nitrogen and oxygen atoms in total. The van der Waals surface area contributed by atoms with Crippen molar-refractivity contribution in [3.8, 4) is 17.4 Å². The van der Waals surface area contributed by atoms with Gasteiger partial charge in [-0.15, -0.1) is 0 Å². The summed E-state index contributed by atoms with van der Waals surface area (Å²) in [6.45, 7) is 0. The predicted molar refractivity (Wildman–Crippen MR) is 120 cm³/mol. The van der Waals surface area contributed by atoms with Crippen LogP contribution < -0.4 is 19.7 Å². The third-order valence-corrected chi connectivity index (χ3v) is 4.74. The van der Waals surface area contributed by atoms with Gasteiger partial charge in [0.15, 0.2) is 5.11 Å². The highest BCUT2D eigenvalue weighted by Gasteiger charge is 2.34. The molecule has 1 saturated heterocycles. The van der Waals surface area contributed by atoms with Crippen molar-refractivity contribution >= 4 is 40.9 Å². The van der Waals surface area contributed by atoms with Crippen LogP contribution in [0.2, 0.25) is 0 Å². The number of nitrogens with zero attached hydrogens (tertiary/aromatic N) is 2. The lowest BCUT2D eigenvalue weighted by Gasteiger charge is -2.29. The number of ether oxygens (including phenoxy) is 2. The van der Waals surface area contributed by atoms with Gasteiger partial charge in [-0.25, -0.2) is 4.98 Å². The molecule has 0 unspecified atom stereocenters. The maximum absolute atomic E-state index is 13.1. The number of pyridine rings is 1. The van der Waals surface area contributed by atoms with Crippen LogP contribution >= 0.6 is 12.2 Å². The molecule has 0 radical (unpaired) electrons. The van der Waals surface area contributed by atoms with E-state index < -0.39 is 11.8 Å². The summed E-state index contributed by atoms with van der Waals surface area (Å²) in [5.41, 5.74) is 1.04. The van der Waals surface area contributed by atoms with E-state index in [1.54, 1.807) is 36.4 Å². The molecule has 0 spiro atoms. The Morgan fingerprint density at radius 1 is 0.968 bits per heavy atom. The third kappa shape index (κ3) is 4.44. The summed E-state index contributed by atoms with van der Waals surface area (Å²) in [5.74, 6) is 0.648. The molecule has 0 aliphatic carbocycles. The first-order valence-electron chi connectivity index (χ1n) is 9.29. The minimum atomic E-state index is -0.564. The number of amides is 2. The average Bonchev–Trinajstić information content (AvgIpc) is 2.79. The third-order valence-electron chi connectivity index (χ3n) is 4.45. The lowest BCUT2D eigenvalue weighted by atomic mass is 10.1. The maximum Gasteiger partial charge on any atom is 0.270 e. The topological polar surface area (TPSA) is 80.8 Å². The van der Waals surface area contributed by atoms with E-state index in [9.17, 15) is 9.59 Å². The first-order chi connectivity index (χ1) is 15.0. The second-order valence-corrected chi connectivity index (χ2v) is 6.89. The largest absolute Gasteiger partial charge is 0.481 e. The van der Waals surface area contributed by atoms with Crippen LogP contribution in [0.4, 0.5) is 5.69 Å². The summed E-state index contributed by atoms with van der Waals surface area (Å²) >= 11 is 5.24. The van der Waals surface area contributed by atoms with Crippen molar-refractivity contribution < 1.29 is 19.1 Å². The van der Waals surface area contributed by atoms with Crippen LogP contribution in [0.5, 0.6) is 17.4 Å². The molecule has 2 heterocycles. The van der Waals surface area contributed by atoms with E-state index in [1.165, 1.54) is 24.3 Å². The normalized spacial score (nSPS) is 15.1. The summed E-state index contributed by atoms with van der Waals surface area (Å²) in [6.07, 6.45) is 2.98. The molecule has 3 aromatic rings. The number of hydrogen-bond acceptors (Lipinski definition) is 6. The second-order valence-electron chi connectivity index (χ2n) is 6.50. The predicted octanol–water partition coefficient (Wildman–Crippen LogP) is 3.71. The molecule has 2 aromatic carbocycles. The second kappa shape index (κ2) is 8.76. The number of para-hydroxylation sites is 1. The lowest BCUT2D eigenvalue weighted by molar-refractivity contribution is -0.122. The number of anilines is 1. The first kappa shape index (κ1) is 20.2. The Bertz CT molecular complexity index is 1160. The minimum Gasteiger partial charge on any atom is -0.481 e. The summed E-state index contributed by atoms with van der Waals surface area (Å²) in [6, 6.07) is 19.6. The number of hydrogen-bond donors (Lipinski definition) is 1. The van der Waals surface area contributed by atoms with Crippen molar-refractivity contribution in [3.05, 3.63) is 84.1 Å². The number of thiocarbonyl (C=S) groups is 1. The SMILES string of the molecule is COc1ccc(C=C2C(=O)NC(=S)N(c3ccc(Oc4ccccc4)cc3)C2=O)cn1. The lowest BCUT2D eigenvalue weighted by Crippen LogP contribution is -2.54. The highest BCUT2D eigenvalue weighted by Crippen LogP contribution is 2.27. The number of benzene rings is 2. The van der Waals surface area contributed by atoms with Gasteiger partial charge >= 0.3 is 0 Å². The first-order valence-corrected chi connectivity index (χ1v) is 9.70. The fourth-order valence-corrected chi connectivity index (χ4v) is 3.23. The van der Waals surface area contributed by atoms with E-state index in [0.29, 0.717) is 28.6 Å². The van der Waals surface area contributed by atoms with Gasteiger partial charge in [-0.1, -0.05) is 18.2 Å². The van der Waals surface area contributed by atoms with Gasteiger partial charge in [-0.05, 0) is 66.3 Å². The van der Waals surface area contributed by atoms with E-state index in [4.69, 9.17) is 21.7 Å². The monoisotopic (exact) mass is 431 g/mol. The van der Waals surface area contributed by atoms with E-state index in [2.05, 4.69) is 10.3 Å². The molecule has 1 fully saturated rings. The average molecular weight is 431 g/mol. The molecule has 154 valence electrons. The Morgan fingerprint density at radius 3 is 2.32 bits per heavy atom. The van der Waals surface area contributed by atoms with E-state index in [-0.39, 0.29) is 10.7 Å². The van der Waals surface area contributed by atoms with Gasteiger partial charge in [0.25, 0.3) is 11.8 Å². The summed E-state index contributed by atoms with van der Waals surface area (Å²) in [4.78, 5) is 30.8. The molecule has 8 heteroatoms. The molecule has 31 heavy (non-hydrogen) atoms. The van der Waals surface area contributed by atoms with Crippen LogP contribution in [-0.4, -0.2) is 29.0 Å². The van der Waals surface area contributed by atoms with Crippen molar-refractivity contribution in [2.75, 3.05) is 12.0 Å². The van der Waals surface area contributed by atoms with Gasteiger partial charge in [0.05, 0.1) is 12.8 Å². The zero-order chi connectivity index (χ0) is 21.8. The fraction of sp³-hybridized carbons (Fsp3) is 0.0435. The van der Waals surface area contributed by atoms with E-state index in [0.717, 1.165) is 0 Å². The Hall–Kier alpha value is -4.04. The van der Waals surface area contributed by atoms with Crippen LogP contribution in [0.3, 0.4) is 0 Å². The molecule has 2 amide bonds. The summed E-state index contributed by atoms with van der Waals surface area (Å²) in [5, 5.41) is 2.57. The Balaban J connectivity index is 1.58. The standard InChI is InChI=1S/C23H17N3O4S/c1-29-20-12-7-15(14-24-20)13-19-21(27)25-23(31)26(22(19)28)16-8-10-18(11-9-16)30-17-5-3-2-4-6-17/h2-14H,1H3,(H,25,27,31). The van der Waals surface area contributed by atoms with Crippen LogP contribution in [0.1, 0.15) is 5.56 Å². The Morgan fingerprint density at radius 2 is 1.68 bits per heavy atom. The Kier molecular flexibility index (Phi) is 5.72. The molecular weight excluding hydrogens is 414 g/mol. The van der Waals surface area contributed by atoms with Crippen molar-refractivity contribution in [2.24, 2.45) is 0 Å². The van der Waals surface area contributed by atoms with Crippen LogP contribution in [0.15, 0.2) is 78.5 Å². The molecule has 1 aliphatic heterocycles.